The number of ether oxygens (including phenoxy) is 2. The van der Waals surface area contributed by atoms with Crippen molar-refractivity contribution in [1.82, 2.24) is 0 Å². The fourth-order valence-corrected chi connectivity index (χ4v) is 9.77. The lowest BCUT2D eigenvalue weighted by molar-refractivity contribution is -0.209. The van der Waals surface area contributed by atoms with Crippen LogP contribution >= 0.6 is 0 Å². The number of nitrogens with zero attached hydrogens (tertiary/aromatic N) is 3. The molecule has 4 rings (SSSR count). The van der Waals surface area contributed by atoms with E-state index in [0.29, 0.717) is 30.6 Å². The number of methoxy groups -OCH3 is 1. The van der Waals surface area contributed by atoms with Gasteiger partial charge in [0.15, 0.2) is 0 Å². The topological polar surface area (TPSA) is 122 Å². The summed E-state index contributed by atoms with van der Waals surface area (Å²) in [5.74, 6) is 1.25. The molecule has 4 aliphatic rings. The number of esters is 2. The van der Waals surface area contributed by atoms with Gasteiger partial charge in [0.1, 0.15) is 6.10 Å². The number of rotatable bonds is 6. The Hall–Kier alpha value is -1.79. The largest absolute Gasteiger partial charge is 0.469 e. The predicted molar refractivity (Wildman–Crippen MR) is 135 cm³/mol. The summed E-state index contributed by atoms with van der Waals surface area (Å²) in [6.07, 6.45) is 5.89. The molecule has 1 N–H and O–H groups in total. The van der Waals surface area contributed by atoms with E-state index in [2.05, 4.69) is 37.7 Å². The molecule has 0 radical (unpaired) electrons. The summed E-state index contributed by atoms with van der Waals surface area (Å²) in [6, 6.07) is -0.198. The number of hydrogen-bond donors (Lipinski definition) is 1. The minimum absolute atomic E-state index is 0.0659. The van der Waals surface area contributed by atoms with Gasteiger partial charge in [-0.2, -0.15) is 0 Å². The number of hydrogen-bond acceptors (Lipinski definition) is 6. The second kappa shape index (κ2) is 10.2. The highest BCUT2D eigenvalue weighted by molar-refractivity contribution is 5.69. The molecule has 0 spiro atoms. The molecule has 4 aliphatic carbocycles. The Kier molecular flexibility index (Phi) is 7.70. The van der Waals surface area contributed by atoms with Gasteiger partial charge < -0.3 is 14.6 Å². The fraction of sp³-hybridized carbons (Fsp3) is 0.929. The van der Waals surface area contributed by atoms with Gasteiger partial charge in [0, 0.05) is 30.2 Å². The Labute approximate surface area is 215 Å². The van der Waals surface area contributed by atoms with Crippen molar-refractivity contribution in [3.8, 4) is 0 Å². The number of carbonyl (C=O) groups excluding carboxylic acids is 2. The summed E-state index contributed by atoms with van der Waals surface area (Å²) in [7, 11) is 1.43. The maximum atomic E-state index is 12.3. The molecule has 12 atom stereocenters. The maximum absolute atomic E-state index is 12.3. The first-order valence-electron chi connectivity index (χ1n) is 13.9. The summed E-state index contributed by atoms with van der Waals surface area (Å²) >= 11 is 0. The molecule has 0 aliphatic heterocycles. The number of aliphatic hydroxyl groups excluding tert-OH is 1. The molecule has 8 nitrogen and oxygen atoms in total. The van der Waals surface area contributed by atoms with E-state index in [0.717, 1.165) is 38.5 Å². The average molecular weight is 504 g/mol. The molecule has 8 heteroatoms. The van der Waals surface area contributed by atoms with E-state index in [9.17, 15) is 20.2 Å². The summed E-state index contributed by atoms with van der Waals surface area (Å²) in [6.45, 7) is 10.7. The zero-order chi connectivity index (χ0) is 26.4. The molecule has 202 valence electrons. The highest BCUT2D eigenvalue weighted by atomic mass is 16.5. The van der Waals surface area contributed by atoms with E-state index in [1.165, 1.54) is 14.0 Å². The van der Waals surface area contributed by atoms with Crippen molar-refractivity contribution in [2.75, 3.05) is 7.11 Å². The zero-order valence-electron chi connectivity index (χ0n) is 22.9. The monoisotopic (exact) mass is 503 g/mol. The van der Waals surface area contributed by atoms with Gasteiger partial charge in [-0.05, 0) is 96.8 Å². The molecular weight excluding hydrogens is 458 g/mol. The standard InChI is InChI=1S/C28H45N3O5/c1-15(7-10-23(34)35-6)20-8-9-21-24-22(36-17(3)32)14-18-13-19(33)11-12-27(18,4)25(24)26(30-31-29)16(2)28(20,21)5/h15-16,18-22,24-26,33H,7-14H2,1-6H3/t15-,16?,18+,19-,20-,21?,22-,24?,25?,26?,27+,28-/m1/s1. The summed E-state index contributed by atoms with van der Waals surface area (Å²) in [5.41, 5.74) is 9.56. The third-order valence-corrected chi connectivity index (χ3v) is 11.6. The number of aliphatic hydroxyl groups is 1. The van der Waals surface area contributed by atoms with Gasteiger partial charge in [0.25, 0.3) is 0 Å². The average Bonchev–Trinajstić information content (AvgIpc) is 3.18. The van der Waals surface area contributed by atoms with Crippen LogP contribution in [0.4, 0.5) is 0 Å². The number of carbonyl (C=O) groups is 2. The number of fused-ring (bicyclic) bond motifs is 5. The van der Waals surface area contributed by atoms with Crippen LogP contribution in [-0.2, 0) is 19.1 Å². The lowest BCUT2D eigenvalue weighted by Gasteiger charge is -2.66. The minimum atomic E-state index is -0.326. The van der Waals surface area contributed by atoms with Crippen molar-refractivity contribution < 1.29 is 24.2 Å². The van der Waals surface area contributed by atoms with E-state index in [1.807, 2.05) is 0 Å². The van der Waals surface area contributed by atoms with Crippen LogP contribution in [0.25, 0.3) is 10.4 Å². The minimum Gasteiger partial charge on any atom is -0.469 e. The van der Waals surface area contributed by atoms with E-state index < -0.39 is 0 Å². The van der Waals surface area contributed by atoms with E-state index in [-0.39, 0.29) is 64.7 Å². The zero-order valence-corrected chi connectivity index (χ0v) is 22.9. The molecule has 4 saturated carbocycles. The Morgan fingerprint density at radius 1 is 1.22 bits per heavy atom. The van der Waals surface area contributed by atoms with Crippen LogP contribution in [0.5, 0.6) is 0 Å². The van der Waals surface area contributed by atoms with Crippen molar-refractivity contribution in [2.45, 2.75) is 104 Å². The predicted octanol–water partition coefficient (Wildman–Crippen LogP) is 5.67. The van der Waals surface area contributed by atoms with E-state index >= 15 is 0 Å². The summed E-state index contributed by atoms with van der Waals surface area (Å²) in [5, 5.41) is 15.0. The quantitative estimate of drug-likeness (QED) is 0.216. The van der Waals surface area contributed by atoms with E-state index in [1.54, 1.807) is 0 Å². The van der Waals surface area contributed by atoms with E-state index in [4.69, 9.17) is 9.47 Å². The Bertz CT molecular complexity index is 906. The molecule has 36 heavy (non-hydrogen) atoms. The summed E-state index contributed by atoms with van der Waals surface area (Å²) < 4.78 is 11.0. The molecule has 0 aromatic heterocycles. The van der Waals surface area contributed by atoms with Gasteiger partial charge in [-0.15, -0.1) is 0 Å². The molecule has 5 unspecified atom stereocenters. The first-order valence-corrected chi connectivity index (χ1v) is 13.9. The SMILES string of the molecule is COC(=O)CC[C@@H](C)[C@H]1CCC2C3C(C(N=[N+]=[N-])C(C)[C@@]21C)[C@@]1(C)CC[C@@H](O)C[C@H]1C[C@H]3OC(C)=O. The molecular formula is C28H45N3O5. The first-order chi connectivity index (χ1) is 17.0. The van der Waals surface area contributed by atoms with Gasteiger partial charge in [-0.1, -0.05) is 32.8 Å². The van der Waals surface area contributed by atoms with Crippen molar-refractivity contribution in [3.05, 3.63) is 10.4 Å². The third kappa shape index (κ3) is 4.32. The Morgan fingerprint density at radius 2 is 1.94 bits per heavy atom. The van der Waals surface area contributed by atoms with Crippen LogP contribution < -0.4 is 0 Å². The van der Waals surface area contributed by atoms with Crippen LogP contribution in [0.15, 0.2) is 5.11 Å². The van der Waals surface area contributed by atoms with Gasteiger partial charge in [-0.3, -0.25) is 9.59 Å². The second-order valence-corrected chi connectivity index (χ2v) is 12.9. The third-order valence-electron chi connectivity index (χ3n) is 11.6. The molecule has 0 heterocycles. The fourth-order valence-electron chi connectivity index (χ4n) is 9.77. The smallest absolute Gasteiger partial charge is 0.305 e. The molecule has 0 aromatic rings. The van der Waals surface area contributed by atoms with Crippen molar-refractivity contribution in [1.29, 1.82) is 0 Å². The number of azide groups is 1. The molecule has 0 aromatic carbocycles. The highest BCUT2D eigenvalue weighted by Crippen LogP contribution is 2.70. The second-order valence-electron chi connectivity index (χ2n) is 12.9. The molecule has 0 saturated heterocycles. The molecule has 4 fully saturated rings. The molecule has 0 amide bonds. The molecule has 0 bridgehead atoms. The maximum Gasteiger partial charge on any atom is 0.305 e. The van der Waals surface area contributed by atoms with Crippen LogP contribution in [0, 0.1) is 52.3 Å². The van der Waals surface area contributed by atoms with Gasteiger partial charge in [0.2, 0.25) is 0 Å². The Balaban J connectivity index is 1.76. The lowest BCUT2D eigenvalue weighted by Crippen LogP contribution is -2.65. The Morgan fingerprint density at radius 3 is 2.58 bits per heavy atom. The van der Waals surface area contributed by atoms with Crippen LogP contribution in [0.3, 0.4) is 0 Å². The highest BCUT2D eigenvalue weighted by Gasteiger charge is 2.68. The van der Waals surface area contributed by atoms with Crippen molar-refractivity contribution in [3.63, 3.8) is 0 Å². The van der Waals surface area contributed by atoms with Crippen LogP contribution in [0.1, 0.15) is 86.0 Å². The van der Waals surface area contributed by atoms with Gasteiger partial charge in [0.05, 0.1) is 13.2 Å². The normalized spacial score (nSPS) is 46.4. The van der Waals surface area contributed by atoms with Gasteiger partial charge >= 0.3 is 11.9 Å². The summed E-state index contributed by atoms with van der Waals surface area (Å²) in [4.78, 5) is 27.5. The van der Waals surface area contributed by atoms with Gasteiger partial charge in [-0.25, -0.2) is 0 Å². The van der Waals surface area contributed by atoms with Crippen LogP contribution in [0.2, 0.25) is 0 Å². The lowest BCUT2D eigenvalue weighted by atomic mass is 9.40. The first kappa shape index (κ1) is 27.3. The van der Waals surface area contributed by atoms with Crippen molar-refractivity contribution in [2.24, 2.45) is 57.4 Å². The van der Waals surface area contributed by atoms with Crippen LogP contribution in [-0.4, -0.2) is 42.4 Å². The van der Waals surface area contributed by atoms with Crippen molar-refractivity contribution >= 4 is 11.9 Å².